The Kier molecular flexibility index (Phi) is 13.1. The van der Waals surface area contributed by atoms with Crippen LogP contribution in [0, 0.1) is 0 Å². The van der Waals surface area contributed by atoms with E-state index in [1.54, 1.807) is 6.20 Å². The van der Waals surface area contributed by atoms with E-state index in [2.05, 4.69) is 72.3 Å². The quantitative estimate of drug-likeness (QED) is 0.168. The molecule has 0 aliphatic heterocycles. The summed E-state index contributed by atoms with van der Waals surface area (Å²) in [6, 6.07) is 17.6. The van der Waals surface area contributed by atoms with Gasteiger partial charge in [0.1, 0.15) is 6.61 Å². The molecule has 0 amide bonds. The summed E-state index contributed by atoms with van der Waals surface area (Å²) < 4.78 is 5.88. The predicted molar refractivity (Wildman–Crippen MR) is 152 cm³/mol. The van der Waals surface area contributed by atoms with Crippen LogP contribution < -0.4 is 4.74 Å². The maximum atomic E-state index is 5.88. The summed E-state index contributed by atoms with van der Waals surface area (Å²) >= 11 is 0. The van der Waals surface area contributed by atoms with Crippen molar-refractivity contribution in [2.45, 2.75) is 110 Å². The summed E-state index contributed by atoms with van der Waals surface area (Å²) in [5, 5.41) is 0. The zero-order chi connectivity index (χ0) is 25.3. The molecule has 1 heterocycles. The first-order valence-corrected chi connectivity index (χ1v) is 14.4. The third-order valence-corrected chi connectivity index (χ3v) is 6.93. The van der Waals surface area contributed by atoms with Gasteiger partial charge in [0, 0.05) is 5.56 Å². The minimum Gasteiger partial charge on any atom is -0.472 e. The molecule has 0 bridgehead atoms. The Bertz CT molecular complexity index is 948. The highest BCUT2D eigenvalue weighted by Gasteiger charge is 2.04. The number of hydrogen-bond acceptors (Lipinski definition) is 3. The van der Waals surface area contributed by atoms with Crippen molar-refractivity contribution in [2.75, 3.05) is 0 Å². The van der Waals surface area contributed by atoms with Crippen LogP contribution in [0.2, 0.25) is 0 Å². The highest BCUT2D eigenvalue weighted by Crippen LogP contribution is 2.20. The molecule has 3 aromatic rings. The Hall–Kier alpha value is -2.68. The fraction of sp³-hybridized carbons (Fsp3) is 0.515. The first-order chi connectivity index (χ1) is 17.8. The van der Waals surface area contributed by atoms with E-state index < -0.39 is 0 Å². The second kappa shape index (κ2) is 16.9. The first-order valence-electron chi connectivity index (χ1n) is 14.4. The topological polar surface area (TPSA) is 35.0 Å². The molecule has 0 spiro atoms. The zero-order valence-corrected chi connectivity index (χ0v) is 22.7. The van der Waals surface area contributed by atoms with E-state index in [1.165, 1.54) is 88.2 Å². The normalized spacial score (nSPS) is 11.1. The first kappa shape index (κ1) is 27.9. The van der Waals surface area contributed by atoms with Gasteiger partial charge in [0.2, 0.25) is 5.88 Å². The lowest BCUT2D eigenvalue weighted by Gasteiger charge is -2.08. The largest absolute Gasteiger partial charge is 0.472 e. The molecule has 0 N–H and O–H groups in total. The summed E-state index contributed by atoms with van der Waals surface area (Å²) in [7, 11) is 0. The van der Waals surface area contributed by atoms with Crippen molar-refractivity contribution in [2.24, 2.45) is 0 Å². The average Bonchev–Trinajstić information content (AvgIpc) is 2.93. The number of ether oxygens (including phenoxy) is 1. The van der Waals surface area contributed by atoms with Crippen LogP contribution in [-0.4, -0.2) is 9.97 Å². The molecule has 0 radical (unpaired) electrons. The molecule has 0 saturated carbocycles. The van der Waals surface area contributed by atoms with E-state index >= 15 is 0 Å². The number of aromatic nitrogens is 2. The maximum absolute atomic E-state index is 5.88. The summed E-state index contributed by atoms with van der Waals surface area (Å²) in [4.78, 5) is 9.06. The molecule has 3 heteroatoms. The Labute approximate surface area is 219 Å². The maximum Gasteiger partial charge on any atom is 0.232 e. The molecule has 1 aromatic heterocycles. The summed E-state index contributed by atoms with van der Waals surface area (Å²) in [6.07, 6.45) is 21.9. The van der Waals surface area contributed by atoms with Gasteiger partial charge in [-0.3, -0.25) is 0 Å². The van der Waals surface area contributed by atoms with E-state index in [-0.39, 0.29) is 0 Å². The standard InChI is InChI=1S/C33H46N2O/c1-3-5-7-9-10-12-14-16-29-21-23-31(24-22-29)32-25-35-33(26-34-32)36-27-30-19-17-28(18-20-30)15-13-11-8-6-4-2/h17-26H,3-16,27H2,1-2H3. The van der Waals surface area contributed by atoms with Crippen LogP contribution in [0.3, 0.4) is 0 Å². The van der Waals surface area contributed by atoms with Gasteiger partial charge in [-0.15, -0.1) is 0 Å². The smallest absolute Gasteiger partial charge is 0.232 e. The van der Waals surface area contributed by atoms with Gasteiger partial charge in [-0.1, -0.05) is 127 Å². The molecule has 3 nitrogen and oxygen atoms in total. The minimum atomic E-state index is 0.512. The molecule has 2 aromatic carbocycles. The Morgan fingerprint density at radius 3 is 1.56 bits per heavy atom. The lowest BCUT2D eigenvalue weighted by atomic mass is 10.0. The number of unbranched alkanes of at least 4 members (excludes halogenated alkanes) is 10. The molecular formula is C33H46N2O. The SMILES string of the molecule is CCCCCCCCCc1ccc(-c2cnc(OCc3ccc(CCCCCCC)cc3)cn2)cc1. The lowest BCUT2D eigenvalue weighted by molar-refractivity contribution is 0.292. The number of rotatable bonds is 18. The fourth-order valence-corrected chi connectivity index (χ4v) is 4.56. The van der Waals surface area contributed by atoms with E-state index in [4.69, 9.17) is 4.74 Å². The molecular weight excluding hydrogens is 440 g/mol. The van der Waals surface area contributed by atoms with Crippen molar-refractivity contribution in [3.8, 4) is 17.1 Å². The molecule has 0 saturated heterocycles. The molecule has 36 heavy (non-hydrogen) atoms. The third kappa shape index (κ3) is 10.5. The van der Waals surface area contributed by atoms with Crippen LogP contribution in [0.5, 0.6) is 5.88 Å². The lowest BCUT2D eigenvalue weighted by Crippen LogP contribution is -1.99. The highest BCUT2D eigenvalue weighted by molar-refractivity contribution is 5.58. The second-order valence-electron chi connectivity index (χ2n) is 10.1. The molecule has 0 atom stereocenters. The van der Waals surface area contributed by atoms with Gasteiger partial charge in [0.25, 0.3) is 0 Å². The summed E-state index contributed by atoms with van der Waals surface area (Å²) in [6.45, 7) is 5.05. The number of aryl methyl sites for hydroxylation is 2. The van der Waals surface area contributed by atoms with Crippen molar-refractivity contribution < 1.29 is 4.74 Å². The van der Waals surface area contributed by atoms with Crippen LogP contribution in [0.4, 0.5) is 0 Å². The zero-order valence-electron chi connectivity index (χ0n) is 22.7. The number of hydrogen-bond donors (Lipinski definition) is 0. The van der Waals surface area contributed by atoms with Gasteiger partial charge in [-0.2, -0.15) is 0 Å². The van der Waals surface area contributed by atoms with Crippen molar-refractivity contribution in [3.05, 3.63) is 77.6 Å². The molecule has 3 rings (SSSR count). The van der Waals surface area contributed by atoms with Crippen molar-refractivity contribution >= 4 is 0 Å². The molecule has 0 aliphatic rings. The predicted octanol–water partition coefficient (Wildman–Crippen LogP) is 9.53. The van der Waals surface area contributed by atoms with Crippen LogP contribution in [0.1, 0.15) is 108 Å². The van der Waals surface area contributed by atoms with Crippen molar-refractivity contribution in [1.29, 1.82) is 0 Å². The van der Waals surface area contributed by atoms with Gasteiger partial charge in [0.05, 0.1) is 18.1 Å². The number of nitrogens with zero attached hydrogens (tertiary/aromatic N) is 2. The van der Waals surface area contributed by atoms with Crippen LogP contribution in [0.15, 0.2) is 60.9 Å². The molecule has 194 valence electrons. The van der Waals surface area contributed by atoms with Crippen LogP contribution >= 0.6 is 0 Å². The minimum absolute atomic E-state index is 0.512. The number of benzene rings is 2. The third-order valence-electron chi connectivity index (χ3n) is 6.93. The monoisotopic (exact) mass is 486 g/mol. The fourth-order valence-electron chi connectivity index (χ4n) is 4.56. The van der Waals surface area contributed by atoms with Crippen LogP contribution in [0.25, 0.3) is 11.3 Å². The van der Waals surface area contributed by atoms with E-state index in [1.807, 2.05) is 6.20 Å². The second-order valence-corrected chi connectivity index (χ2v) is 10.1. The average molecular weight is 487 g/mol. The molecule has 0 unspecified atom stereocenters. The van der Waals surface area contributed by atoms with E-state index in [9.17, 15) is 0 Å². The van der Waals surface area contributed by atoms with E-state index in [0.717, 1.165) is 29.7 Å². The van der Waals surface area contributed by atoms with Gasteiger partial charge in [0.15, 0.2) is 0 Å². The van der Waals surface area contributed by atoms with Gasteiger partial charge in [-0.25, -0.2) is 9.97 Å². The summed E-state index contributed by atoms with van der Waals surface area (Å²) in [5.74, 6) is 0.564. The van der Waals surface area contributed by atoms with Gasteiger partial charge >= 0.3 is 0 Å². The Morgan fingerprint density at radius 1 is 0.528 bits per heavy atom. The van der Waals surface area contributed by atoms with Crippen molar-refractivity contribution in [1.82, 2.24) is 9.97 Å². The Balaban J connectivity index is 1.37. The molecule has 0 fully saturated rings. The van der Waals surface area contributed by atoms with Gasteiger partial charge in [-0.05, 0) is 42.4 Å². The molecule has 0 aliphatic carbocycles. The van der Waals surface area contributed by atoms with Crippen molar-refractivity contribution in [3.63, 3.8) is 0 Å². The Morgan fingerprint density at radius 2 is 1.03 bits per heavy atom. The van der Waals surface area contributed by atoms with Gasteiger partial charge < -0.3 is 4.74 Å². The van der Waals surface area contributed by atoms with Crippen LogP contribution in [-0.2, 0) is 19.4 Å². The van der Waals surface area contributed by atoms with E-state index in [0.29, 0.717) is 12.5 Å². The highest BCUT2D eigenvalue weighted by atomic mass is 16.5. The summed E-state index contributed by atoms with van der Waals surface area (Å²) in [5.41, 5.74) is 5.96.